The monoisotopic (exact) mass is 380 g/mol. The first-order chi connectivity index (χ1) is 13.4. The normalized spacial score (nSPS) is 11.7. The summed E-state index contributed by atoms with van der Waals surface area (Å²) in [5.41, 5.74) is 2.49. The maximum atomic E-state index is 12.0. The van der Waals surface area contributed by atoms with Crippen LogP contribution in [0.1, 0.15) is 41.8 Å². The van der Waals surface area contributed by atoms with Crippen molar-refractivity contribution in [3.8, 4) is 17.2 Å². The van der Waals surface area contributed by atoms with Crippen molar-refractivity contribution >= 4 is 11.8 Å². The smallest absolute Gasteiger partial charge is 0.344 e. The quantitative estimate of drug-likeness (QED) is 0.453. The van der Waals surface area contributed by atoms with E-state index >= 15 is 0 Å². The molecule has 1 heterocycles. The summed E-state index contributed by atoms with van der Waals surface area (Å²) >= 11 is 0. The van der Waals surface area contributed by atoms with Crippen LogP contribution < -0.4 is 4.74 Å². The highest BCUT2D eigenvalue weighted by molar-refractivity contribution is 5.94. The lowest BCUT2D eigenvalue weighted by Crippen LogP contribution is -2.17. The van der Waals surface area contributed by atoms with Gasteiger partial charge in [-0.3, -0.25) is 4.79 Å². The van der Waals surface area contributed by atoms with Crippen LogP contribution >= 0.6 is 0 Å². The molecule has 0 aliphatic carbocycles. The Morgan fingerprint density at radius 1 is 1.04 bits per heavy atom. The third-order valence-corrected chi connectivity index (χ3v) is 4.01. The number of hydrogen-bond acceptors (Lipinski definition) is 7. The third kappa shape index (κ3) is 4.82. The summed E-state index contributed by atoms with van der Waals surface area (Å²) in [6.45, 7) is 4.84. The maximum absolute atomic E-state index is 12.0. The third-order valence-electron chi connectivity index (χ3n) is 4.01. The number of benzene rings is 2. The number of ketones is 1. The highest BCUT2D eigenvalue weighted by Crippen LogP contribution is 2.22. The Bertz CT molecular complexity index is 961. The summed E-state index contributed by atoms with van der Waals surface area (Å²) < 4.78 is 16.2. The highest BCUT2D eigenvalue weighted by Gasteiger charge is 2.19. The van der Waals surface area contributed by atoms with E-state index in [2.05, 4.69) is 10.2 Å². The number of carbonyl (C=O) groups excluding carboxylic acids is 2. The predicted molar refractivity (Wildman–Crippen MR) is 101 cm³/mol. The van der Waals surface area contributed by atoms with Gasteiger partial charge in [-0.15, -0.1) is 10.2 Å². The summed E-state index contributed by atoms with van der Waals surface area (Å²) in [6, 6.07) is 14.2. The Hall–Kier alpha value is -3.48. The fraction of sp³-hybridized carbons (Fsp3) is 0.238. The lowest BCUT2D eigenvalue weighted by molar-refractivity contribution is -0.152. The fourth-order valence-corrected chi connectivity index (χ4v) is 2.42. The number of aryl methyl sites for hydroxylation is 1. The molecule has 0 unspecified atom stereocenters. The van der Waals surface area contributed by atoms with E-state index in [0.717, 1.165) is 11.1 Å². The molecule has 1 atom stereocenters. The molecule has 0 saturated carbocycles. The molecule has 0 spiro atoms. The van der Waals surface area contributed by atoms with Gasteiger partial charge in [0.2, 0.25) is 5.89 Å². The van der Waals surface area contributed by atoms with Crippen molar-refractivity contribution in [2.75, 3.05) is 6.61 Å². The van der Waals surface area contributed by atoms with Crippen molar-refractivity contribution in [1.29, 1.82) is 0 Å². The minimum atomic E-state index is -0.706. The van der Waals surface area contributed by atoms with Crippen LogP contribution in [0.15, 0.2) is 52.9 Å². The topological polar surface area (TPSA) is 91.5 Å². The van der Waals surface area contributed by atoms with Crippen molar-refractivity contribution in [3.05, 3.63) is 65.5 Å². The molecule has 0 N–H and O–H groups in total. The van der Waals surface area contributed by atoms with Crippen molar-refractivity contribution in [3.63, 3.8) is 0 Å². The van der Waals surface area contributed by atoms with E-state index in [1.165, 1.54) is 6.92 Å². The molecule has 0 amide bonds. The number of ether oxygens (including phenoxy) is 2. The van der Waals surface area contributed by atoms with E-state index in [-0.39, 0.29) is 18.3 Å². The molecule has 3 rings (SSSR count). The van der Waals surface area contributed by atoms with Gasteiger partial charge >= 0.3 is 5.97 Å². The molecule has 0 bridgehead atoms. The number of Topliss-reactive ketones (excluding diaryl/α,β-unsaturated/α-hetero) is 1. The lowest BCUT2D eigenvalue weighted by Gasteiger charge is -2.10. The molecule has 0 aliphatic heterocycles. The van der Waals surface area contributed by atoms with Gasteiger partial charge in [-0.05, 0) is 57.2 Å². The number of rotatable bonds is 7. The van der Waals surface area contributed by atoms with Crippen LogP contribution in [-0.4, -0.2) is 28.6 Å². The van der Waals surface area contributed by atoms with E-state index in [1.54, 1.807) is 31.2 Å². The summed E-state index contributed by atoms with van der Waals surface area (Å²) in [6.07, 6.45) is -0.706. The van der Waals surface area contributed by atoms with Crippen molar-refractivity contribution in [2.24, 2.45) is 0 Å². The number of esters is 1. The zero-order valence-electron chi connectivity index (χ0n) is 15.8. The maximum Gasteiger partial charge on any atom is 0.344 e. The first-order valence-corrected chi connectivity index (χ1v) is 8.76. The van der Waals surface area contributed by atoms with Crippen LogP contribution in [0.25, 0.3) is 11.5 Å². The molecule has 7 heteroatoms. The van der Waals surface area contributed by atoms with E-state index < -0.39 is 12.1 Å². The highest BCUT2D eigenvalue weighted by atomic mass is 16.6. The second-order valence-electron chi connectivity index (χ2n) is 6.31. The minimum Gasteiger partial charge on any atom is -0.482 e. The Labute approximate surface area is 162 Å². The molecule has 0 radical (unpaired) electrons. The molecule has 1 aromatic heterocycles. The van der Waals surface area contributed by atoms with Gasteiger partial charge < -0.3 is 13.9 Å². The van der Waals surface area contributed by atoms with E-state index in [0.29, 0.717) is 17.2 Å². The summed E-state index contributed by atoms with van der Waals surface area (Å²) in [5, 5.41) is 7.94. The van der Waals surface area contributed by atoms with Gasteiger partial charge in [0.15, 0.2) is 18.5 Å². The van der Waals surface area contributed by atoms with E-state index in [9.17, 15) is 9.59 Å². The van der Waals surface area contributed by atoms with Crippen molar-refractivity contribution in [2.45, 2.75) is 26.9 Å². The van der Waals surface area contributed by atoms with Crippen molar-refractivity contribution in [1.82, 2.24) is 10.2 Å². The largest absolute Gasteiger partial charge is 0.482 e. The average Bonchev–Trinajstić information content (AvgIpc) is 3.17. The second-order valence-corrected chi connectivity index (χ2v) is 6.31. The fourth-order valence-electron chi connectivity index (χ4n) is 2.42. The SMILES string of the molecule is CC(=O)c1ccc(OCC(=O)O[C@@H](C)c2nnc(-c3ccc(C)cc3)o2)cc1. The van der Waals surface area contributed by atoms with Gasteiger partial charge in [-0.1, -0.05) is 17.7 Å². The van der Waals surface area contributed by atoms with Gasteiger partial charge in [0.05, 0.1) is 0 Å². The van der Waals surface area contributed by atoms with Crippen LogP contribution in [0.4, 0.5) is 0 Å². The Morgan fingerprint density at radius 3 is 2.36 bits per heavy atom. The molecule has 0 saturated heterocycles. The number of aromatic nitrogens is 2. The van der Waals surface area contributed by atoms with Gasteiger partial charge in [-0.25, -0.2) is 4.79 Å². The summed E-state index contributed by atoms with van der Waals surface area (Å²) in [7, 11) is 0. The number of nitrogens with zero attached hydrogens (tertiary/aromatic N) is 2. The van der Waals surface area contributed by atoms with Gasteiger partial charge in [0.25, 0.3) is 5.89 Å². The Kier molecular flexibility index (Phi) is 5.84. The van der Waals surface area contributed by atoms with Crippen LogP contribution in [0.3, 0.4) is 0 Å². The molecule has 0 aliphatic rings. The first-order valence-electron chi connectivity index (χ1n) is 8.76. The van der Waals surface area contributed by atoms with Crippen LogP contribution in [0, 0.1) is 6.92 Å². The van der Waals surface area contributed by atoms with Crippen LogP contribution in [0.2, 0.25) is 0 Å². The molecule has 3 aromatic rings. The predicted octanol–water partition coefficient (Wildman–Crippen LogP) is 3.93. The number of hydrogen-bond donors (Lipinski definition) is 0. The van der Waals surface area contributed by atoms with E-state index in [1.807, 2.05) is 31.2 Å². The van der Waals surface area contributed by atoms with Gasteiger partial charge in [0.1, 0.15) is 5.75 Å². The molecule has 144 valence electrons. The molecular weight excluding hydrogens is 360 g/mol. The average molecular weight is 380 g/mol. The van der Waals surface area contributed by atoms with Gasteiger partial charge in [0, 0.05) is 11.1 Å². The minimum absolute atomic E-state index is 0.0376. The molecule has 7 nitrogen and oxygen atoms in total. The Morgan fingerprint density at radius 2 is 1.71 bits per heavy atom. The molecule has 0 fully saturated rings. The molecule has 2 aromatic carbocycles. The second kappa shape index (κ2) is 8.47. The molecule has 28 heavy (non-hydrogen) atoms. The van der Waals surface area contributed by atoms with Crippen molar-refractivity contribution < 1.29 is 23.5 Å². The van der Waals surface area contributed by atoms with E-state index in [4.69, 9.17) is 13.9 Å². The first kappa shape index (κ1) is 19.3. The zero-order valence-corrected chi connectivity index (χ0v) is 15.8. The Balaban J connectivity index is 1.54. The lowest BCUT2D eigenvalue weighted by atomic mass is 10.1. The van der Waals surface area contributed by atoms with Gasteiger partial charge in [-0.2, -0.15) is 0 Å². The standard InChI is InChI=1S/C21H20N2O5/c1-13-4-6-17(7-5-13)21-23-22-20(28-21)15(3)27-19(25)12-26-18-10-8-16(9-11-18)14(2)24/h4-11,15H,12H2,1-3H3/t15-/m0/s1. The van der Waals surface area contributed by atoms with Crippen LogP contribution in [-0.2, 0) is 9.53 Å². The zero-order chi connectivity index (χ0) is 20.1. The summed E-state index contributed by atoms with van der Waals surface area (Å²) in [4.78, 5) is 23.2. The summed E-state index contributed by atoms with van der Waals surface area (Å²) in [5.74, 6) is 0.422. The van der Waals surface area contributed by atoms with Crippen LogP contribution in [0.5, 0.6) is 5.75 Å². The molecular formula is C21H20N2O5. The number of carbonyl (C=O) groups is 2.